The number of carbonyl (C=O) groups excluding carboxylic acids is 1. The summed E-state index contributed by atoms with van der Waals surface area (Å²) in [5.41, 5.74) is 4.07. The number of carbonyl (C=O) groups is 1. The molecule has 6 heteroatoms. The monoisotopic (exact) mass is 343 g/mol. The van der Waals surface area contributed by atoms with Crippen LogP contribution in [0.15, 0.2) is 35.7 Å². The number of methoxy groups -OCH3 is 2. The SMILES string of the molecule is COC(=O)C1=C(NCCc2c[nH]c3ccc(OC)cc23)CCN(C)C1. The van der Waals surface area contributed by atoms with Gasteiger partial charge < -0.3 is 24.7 Å². The van der Waals surface area contributed by atoms with Crippen LogP contribution in [0.5, 0.6) is 5.75 Å². The predicted molar refractivity (Wildman–Crippen MR) is 97.7 cm³/mol. The summed E-state index contributed by atoms with van der Waals surface area (Å²) in [6.07, 6.45) is 3.74. The van der Waals surface area contributed by atoms with E-state index in [1.807, 2.05) is 25.4 Å². The van der Waals surface area contributed by atoms with E-state index in [0.717, 1.165) is 48.5 Å². The minimum absolute atomic E-state index is 0.245. The number of aromatic nitrogens is 1. The number of H-pyrrole nitrogens is 1. The number of likely N-dealkylation sites (N-methyl/N-ethyl adjacent to an activating group) is 1. The van der Waals surface area contributed by atoms with Crippen LogP contribution >= 0.6 is 0 Å². The van der Waals surface area contributed by atoms with E-state index in [-0.39, 0.29) is 5.97 Å². The summed E-state index contributed by atoms with van der Waals surface area (Å²) in [5.74, 6) is 0.609. The van der Waals surface area contributed by atoms with Crippen molar-refractivity contribution in [3.05, 3.63) is 41.2 Å². The molecule has 2 N–H and O–H groups in total. The van der Waals surface area contributed by atoms with Crippen molar-refractivity contribution < 1.29 is 14.3 Å². The fraction of sp³-hybridized carbons (Fsp3) is 0.421. The van der Waals surface area contributed by atoms with Gasteiger partial charge in [-0.15, -0.1) is 0 Å². The first-order valence-corrected chi connectivity index (χ1v) is 8.49. The van der Waals surface area contributed by atoms with Crippen LogP contribution in [0.25, 0.3) is 10.9 Å². The van der Waals surface area contributed by atoms with Crippen LogP contribution < -0.4 is 10.1 Å². The maximum Gasteiger partial charge on any atom is 0.336 e. The van der Waals surface area contributed by atoms with Gasteiger partial charge in [-0.05, 0) is 37.2 Å². The number of hydrogen-bond donors (Lipinski definition) is 2. The summed E-state index contributed by atoms with van der Waals surface area (Å²) < 4.78 is 10.2. The molecule has 1 aliphatic rings. The molecule has 0 unspecified atom stereocenters. The van der Waals surface area contributed by atoms with E-state index in [0.29, 0.717) is 6.54 Å². The number of benzene rings is 1. The Hall–Kier alpha value is -2.47. The molecule has 0 atom stereocenters. The highest BCUT2D eigenvalue weighted by Crippen LogP contribution is 2.24. The van der Waals surface area contributed by atoms with Gasteiger partial charge in [-0.25, -0.2) is 4.79 Å². The van der Waals surface area contributed by atoms with E-state index in [2.05, 4.69) is 21.3 Å². The van der Waals surface area contributed by atoms with Crippen molar-refractivity contribution >= 4 is 16.9 Å². The van der Waals surface area contributed by atoms with Gasteiger partial charge >= 0.3 is 5.97 Å². The number of nitrogens with one attached hydrogen (secondary N) is 2. The Morgan fingerprint density at radius 1 is 1.36 bits per heavy atom. The summed E-state index contributed by atoms with van der Waals surface area (Å²) in [4.78, 5) is 17.4. The number of aromatic amines is 1. The summed E-state index contributed by atoms with van der Waals surface area (Å²) in [6.45, 7) is 2.33. The van der Waals surface area contributed by atoms with Gasteiger partial charge in [-0.2, -0.15) is 0 Å². The Morgan fingerprint density at radius 3 is 2.96 bits per heavy atom. The molecule has 1 aliphatic heterocycles. The predicted octanol–water partition coefficient (Wildman–Crippen LogP) is 2.07. The quantitative estimate of drug-likeness (QED) is 0.786. The zero-order valence-corrected chi connectivity index (χ0v) is 15.0. The highest BCUT2D eigenvalue weighted by molar-refractivity contribution is 5.90. The summed E-state index contributed by atoms with van der Waals surface area (Å²) in [6, 6.07) is 6.03. The molecule has 0 radical (unpaired) electrons. The zero-order chi connectivity index (χ0) is 17.8. The second-order valence-electron chi connectivity index (χ2n) is 6.34. The molecular weight excluding hydrogens is 318 g/mol. The third-order valence-corrected chi connectivity index (χ3v) is 4.67. The van der Waals surface area contributed by atoms with Gasteiger partial charge in [0.1, 0.15) is 5.75 Å². The molecule has 3 rings (SSSR count). The van der Waals surface area contributed by atoms with Crippen LogP contribution in [0.4, 0.5) is 0 Å². The van der Waals surface area contributed by atoms with Crippen LogP contribution in [-0.2, 0) is 16.0 Å². The lowest BCUT2D eigenvalue weighted by atomic mass is 10.1. The average molecular weight is 343 g/mol. The van der Waals surface area contributed by atoms with Crippen molar-refractivity contribution in [1.29, 1.82) is 0 Å². The number of fused-ring (bicyclic) bond motifs is 1. The van der Waals surface area contributed by atoms with Crippen LogP contribution in [-0.4, -0.2) is 56.8 Å². The van der Waals surface area contributed by atoms with Crippen molar-refractivity contribution in [1.82, 2.24) is 15.2 Å². The highest BCUT2D eigenvalue weighted by atomic mass is 16.5. The Balaban J connectivity index is 1.70. The number of ether oxygens (including phenoxy) is 2. The molecule has 0 amide bonds. The molecule has 0 spiro atoms. The lowest BCUT2D eigenvalue weighted by Crippen LogP contribution is -2.35. The number of nitrogens with zero attached hydrogens (tertiary/aromatic N) is 1. The van der Waals surface area contributed by atoms with Crippen LogP contribution in [0, 0.1) is 0 Å². The molecule has 2 aromatic rings. The molecule has 0 aliphatic carbocycles. The van der Waals surface area contributed by atoms with Gasteiger partial charge in [0.05, 0.1) is 19.8 Å². The van der Waals surface area contributed by atoms with Crippen molar-refractivity contribution in [2.45, 2.75) is 12.8 Å². The van der Waals surface area contributed by atoms with Crippen molar-refractivity contribution in [3.63, 3.8) is 0 Å². The molecule has 0 saturated carbocycles. The number of hydrogen-bond acceptors (Lipinski definition) is 5. The molecule has 0 saturated heterocycles. The molecule has 0 bridgehead atoms. The maximum atomic E-state index is 12.0. The van der Waals surface area contributed by atoms with E-state index in [9.17, 15) is 4.79 Å². The van der Waals surface area contributed by atoms with Gasteiger partial charge in [0.15, 0.2) is 0 Å². The van der Waals surface area contributed by atoms with Gasteiger partial charge in [0, 0.05) is 48.9 Å². The van der Waals surface area contributed by atoms with Crippen LogP contribution in [0.3, 0.4) is 0 Å². The average Bonchev–Trinajstić information content (AvgIpc) is 3.04. The Morgan fingerprint density at radius 2 is 2.20 bits per heavy atom. The topological polar surface area (TPSA) is 66.6 Å². The first-order chi connectivity index (χ1) is 12.1. The number of esters is 1. The summed E-state index contributed by atoms with van der Waals surface area (Å²) >= 11 is 0. The van der Waals surface area contributed by atoms with Crippen molar-refractivity contribution in [2.24, 2.45) is 0 Å². The third-order valence-electron chi connectivity index (χ3n) is 4.67. The standard InChI is InChI=1S/C19H25N3O3/c1-22-9-7-18(16(12-22)19(23)25-3)20-8-6-13-11-21-17-5-4-14(24-2)10-15(13)17/h4-5,10-11,20-21H,6-9,12H2,1-3H3. The van der Waals surface area contributed by atoms with Crippen LogP contribution in [0.2, 0.25) is 0 Å². The molecule has 6 nitrogen and oxygen atoms in total. The lowest BCUT2D eigenvalue weighted by molar-refractivity contribution is -0.136. The second-order valence-corrected chi connectivity index (χ2v) is 6.34. The van der Waals surface area contributed by atoms with E-state index in [1.165, 1.54) is 18.1 Å². The highest BCUT2D eigenvalue weighted by Gasteiger charge is 2.22. The maximum absolute atomic E-state index is 12.0. The summed E-state index contributed by atoms with van der Waals surface area (Å²) in [5, 5.41) is 4.62. The van der Waals surface area contributed by atoms with E-state index >= 15 is 0 Å². The molecule has 1 aromatic carbocycles. The largest absolute Gasteiger partial charge is 0.497 e. The number of rotatable bonds is 6. The third kappa shape index (κ3) is 3.79. The second kappa shape index (κ2) is 7.61. The van der Waals surface area contributed by atoms with Gasteiger partial charge in [-0.1, -0.05) is 0 Å². The molecule has 0 fully saturated rings. The minimum Gasteiger partial charge on any atom is -0.497 e. The molecule has 25 heavy (non-hydrogen) atoms. The Bertz CT molecular complexity index is 794. The molecular formula is C19H25N3O3. The lowest BCUT2D eigenvalue weighted by Gasteiger charge is -2.27. The van der Waals surface area contributed by atoms with Crippen molar-refractivity contribution in [3.8, 4) is 5.75 Å². The van der Waals surface area contributed by atoms with Crippen LogP contribution in [0.1, 0.15) is 12.0 Å². The normalized spacial score (nSPS) is 15.5. The fourth-order valence-corrected chi connectivity index (χ4v) is 3.24. The Kier molecular flexibility index (Phi) is 5.28. The minimum atomic E-state index is -0.245. The van der Waals surface area contributed by atoms with E-state index in [4.69, 9.17) is 9.47 Å². The molecule has 134 valence electrons. The van der Waals surface area contributed by atoms with E-state index in [1.54, 1.807) is 7.11 Å². The van der Waals surface area contributed by atoms with Crippen molar-refractivity contribution in [2.75, 3.05) is 40.9 Å². The zero-order valence-electron chi connectivity index (χ0n) is 15.0. The first kappa shape index (κ1) is 17.4. The Labute approximate surface area is 147 Å². The molecule has 2 heterocycles. The summed E-state index contributed by atoms with van der Waals surface area (Å²) in [7, 11) is 5.12. The van der Waals surface area contributed by atoms with Gasteiger partial charge in [-0.3, -0.25) is 0 Å². The smallest absolute Gasteiger partial charge is 0.336 e. The van der Waals surface area contributed by atoms with E-state index < -0.39 is 0 Å². The van der Waals surface area contributed by atoms with Gasteiger partial charge in [0.2, 0.25) is 0 Å². The fourth-order valence-electron chi connectivity index (χ4n) is 3.24. The van der Waals surface area contributed by atoms with Gasteiger partial charge in [0.25, 0.3) is 0 Å². The first-order valence-electron chi connectivity index (χ1n) is 8.49. The molecule has 1 aromatic heterocycles.